The number of rotatable bonds is 3. The number of hydrogen-bond donors (Lipinski definition) is 1. The summed E-state index contributed by atoms with van der Waals surface area (Å²) in [6.07, 6.45) is 1.14. The number of benzene rings is 1. The van der Waals surface area contributed by atoms with E-state index in [1.165, 1.54) is 11.1 Å². The Bertz CT molecular complexity index is 484. The maximum absolute atomic E-state index is 6.40. The van der Waals surface area contributed by atoms with Crippen LogP contribution in [0.3, 0.4) is 0 Å². The molecule has 0 saturated carbocycles. The molecule has 0 aliphatic carbocycles. The van der Waals surface area contributed by atoms with E-state index >= 15 is 0 Å². The van der Waals surface area contributed by atoms with Crippen LogP contribution in [-0.4, -0.2) is 29.1 Å². The van der Waals surface area contributed by atoms with Crippen LogP contribution in [0.2, 0.25) is 5.02 Å². The lowest BCUT2D eigenvalue weighted by Gasteiger charge is -2.51. The van der Waals surface area contributed by atoms with E-state index in [0.29, 0.717) is 0 Å². The molecule has 112 valence electrons. The van der Waals surface area contributed by atoms with E-state index in [9.17, 15) is 0 Å². The number of halogens is 1. The third kappa shape index (κ3) is 3.36. The van der Waals surface area contributed by atoms with Gasteiger partial charge in [0.2, 0.25) is 0 Å². The van der Waals surface area contributed by atoms with Gasteiger partial charge >= 0.3 is 0 Å². The zero-order valence-electron chi connectivity index (χ0n) is 13.4. The summed E-state index contributed by atoms with van der Waals surface area (Å²) in [7, 11) is 0. The van der Waals surface area contributed by atoms with Gasteiger partial charge in [0.05, 0.1) is 0 Å². The minimum atomic E-state index is 0.156. The van der Waals surface area contributed by atoms with Crippen LogP contribution in [0, 0.1) is 6.92 Å². The molecule has 20 heavy (non-hydrogen) atoms. The van der Waals surface area contributed by atoms with Gasteiger partial charge < -0.3 is 5.32 Å². The molecule has 1 fully saturated rings. The van der Waals surface area contributed by atoms with E-state index in [-0.39, 0.29) is 11.1 Å². The normalized spacial score (nSPS) is 26.7. The molecule has 1 aromatic rings. The fourth-order valence-electron chi connectivity index (χ4n) is 2.73. The smallest absolute Gasteiger partial charge is 0.0453 e. The quantitative estimate of drug-likeness (QED) is 0.906. The van der Waals surface area contributed by atoms with Gasteiger partial charge in [-0.15, -0.1) is 0 Å². The van der Waals surface area contributed by atoms with E-state index in [1.54, 1.807) is 0 Å². The van der Waals surface area contributed by atoms with Gasteiger partial charge in [-0.3, -0.25) is 4.90 Å². The van der Waals surface area contributed by atoms with Crippen LogP contribution in [0.25, 0.3) is 0 Å². The highest BCUT2D eigenvalue weighted by molar-refractivity contribution is 6.31. The summed E-state index contributed by atoms with van der Waals surface area (Å²) in [4.78, 5) is 2.56. The van der Waals surface area contributed by atoms with Crippen LogP contribution in [0.4, 0.5) is 0 Å². The summed E-state index contributed by atoms with van der Waals surface area (Å²) in [6.45, 7) is 14.2. The topological polar surface area (TPSA) is 15.3 Å². The van der Waals surface area contributed by atoms with Crippen LogP contribution in [0.1, 0.15) is 45.2 Å². The lowest BCUT2D eigenvalue weighted by atomic mass is 9.88. The minimum absolute atomic E-state index is 0.156. The molecule has 1 heterocycles. The maximum atomic E-state index is 6.40. The Balaban J connectivity index is 2.20. The fourth-order valence-corrected chi connectivity index (χ4v) is 3.02. The van der Waals surface area contributed by atoms with Gasteiger partial charge in [0, 0.05) is 35.7 Å². The van der Waals surface area contributed by atoms with Crippen molar-refractivity contribution < 1.29 is 0 Å². The number of aryl methyl sites for hydroxylation is 1. The summed E-state index contributed by atoms with van der Waals surface area (Å²) in [5.41, 5.74) is 2.80. The number of nitrogens with one attached hydrogen (secondary N) is 1. The molecule has 2 rings (SSSR count). The van der Waals surface area contributed by atoms with Gasteiger partial charge in [0.1, 0.15) is 0 Å². The SMILES string of the molecule is CCC1(C)CN(Cc2ccc(C)cc2Cl)C(C)(C)CN1. The maximum Gasteiger partial charge on any atom is 0.0453 e. The third-order valence-corrected chi connectivity index (χ3v) is 5.05. The van der Waals surface area contributed by atoms with E-state index in [1.807, 2.05) is 0 Å². The second-order valence-electron chi connectivity index (χ2n) is 7.03. The molecule has 0 bridgehead atoms. The molecule has 0 aromatic heterocycles. The van der Waals surface area contributed by atoms with Crippen molar-refractivity contribution in [1.82, 2.24) is 10.2 Å². The zero-order chi connectivity index (χ0) is 15.0. The van der Waals surface area contributed by atoms with Gasteiger partial charge in [-0.1, -0.05) is 30.7 Å². The molecule has 0 spiro atoms. The van der Waals surface area contributed by atoms with Gasteiger partial charge in [-0.25, -0.2) is 0 Å². The molecule has 1 unspecified atom stereocenters. The van der Waals surface area contributed by atoms with Crippen LogP contribution in [0.15, 0.2) is 18.2 Å². The number of nitrogens with zero attached hydrogens (tertiary/aromatic N) is 1. The summed E-state index contributed by atoms with van der Waals surface area (Å²) in [5.74, 6) is 0. The highest BCUT2D eigenvalue weighted by Crippen LogP contribution is 2.29. The first-order valence-electron chi connectivity index (χ1n) is 7.51. The van der Waals surface area contributed by atoms with Crippen LogP contribution in [0.5, 0.6) is 0 Å². The largest absolute Gasteiger partial charge is 0.308 e. The van der Waals surface area contributed by atoms with Crippen molar-refractivity contribution in [2.45, 2.75) is 58.7 Å². The molecule has 0 radical (unpaired) electrons. The first kappa shape index (κ1) is 15.8. The van der Waals surface area contributed by atoms with Crippen molar-refractivity contribution in [3.63, 3.8) is 0 Å². The minimum Gasteiger partial charge on any atom is -0.308 e. The van der Waals surface area contributed by atoms with Crippen molar-refractivity contribution in [2.24, 2.45) is 0 Å². The standard InChI is InChI=1S/C17H27ClN2/c1-6-17(5)12-20(16(3,4)11-19-17)10-14-8-7-13(2)9-15(14)18/h7-9,19H,6,10-12H2,1-5H3. The van der Waals surface area contributed by atoms with E-state index in [4.69, 9.17) is 11.6 Å². The summed E-state index contributed by atoms with van der Waals surface area (Å²) in [6, 6.07) is 6.37. The monoisotopic (exact) mass is 294 g/mol. The van der Waals surface area contributed by atoms with Gasteiger partial charge in [-0.2, -0.15) is 0 Å². The Hall–Kier alpha value is -0.570. The van der Waals surface area contributed by atoms with Crippen LogP contribution in [-0.2, 0) is 6.54 Å². The molecule has 1 aliphatic heterocycles. The summed E-state index contributed by atoms with van der Waals surface area (Å²) >= 11 is 6.40. The van der Waals surface area contributed by atoms with Crippen LogP contribution >= 0.6 is 11.6 Å². The third-order valence-electron chi connectivity index (χ3n) is 4.69. The average molecular weight is 295 g/mol. The number of piperazine rings is 1. The average Bonchev–Trinajstić information content (AvgIpc) is 2.38. The lowest BCUT2D eigenvalue weighted by Crippen LogP contribution is -2.66. The Labute approximate surface area is 128 Å². The van der Waals surface area contributed by atoms with Crippen molar-refractivity contribution >= 4 is 11.6 Å². The molecule has 3 heteroatoms. The van der Waals surface area contributed by atoms with Crippen molar-refractivity contribution in [2.75, 3.05) is 13.1 Å². The predicted octanol–water partition coefficient (Wildman–Crippen LogP) is 4.00. The molecule has 2 nitrogen and oxygen atoms in total. The van der Waals surface area contributed by atoms with E-state index in [2.05, 4.69) is 63.0 Å². The molecular weight excluding hydrogens is 268 g/mol. The highest BCUT2D eigenvalue weighted by atomic mass is 35.5. The summed E-state index contributed by atoms with van der Waals surface area (Å²) < 4.78 is 0. The first-order chi connectivity index (χ1) is 9.26. The van der Waals surface area contributed by atoms with Crippen molar-refractivity contribution in [3.8, 4) is 0 Å². The molecule has 1 N–H and O–H groups in total. The number of hydrogen-bond acceptors (Lipinski definition) is 2. The van der Waals surface area contributed by atoms with Gasteiger partial charge in [-0.05, 0) is 51.3 Å². The van der Waals surface area contributed by atoms with Crippen LogP contribution < -0.4 is 5.32 Å². The fraction of sp³-hybridized carbons (Fsp3) is 0.647. The van der Waals surface area contributed by atoms with Crippen molar-refractivity contribution in [1.29, 1.82) is 0 Å². The van der Waals surface area contributed by atoms with E-state index in [0.717, 1.165) is 31.1 Å². The first-order valence-corrected chi connectivity index (χ1v) is 7.89. The Morgan fingerprint density at radius 2 is 2.00 bits per heavy atom. The van der Waals surface area contributed by atoms with Gasteiger partial charge in [0.25, 0.3) is 0 Å². The van der Waals surface area contributed by atoms with Crippen molar-refractivity contribution in [3.05, 3.63) is 34.3 Å². The molecule has 0 amide bonds. The Kier molecular flexibility index (Phi) is 4.48. The molecule has 1 saturated heterocycles. The molecule has 1 aromatic carbocycles. The molecular formula is C17H27ClN2. The predicted molar refractivity (Wildman–Crippen MR) is 87.4 cm³/mol. The summed E-state index contributed by atoms with van der Waals surface area (Å²) in [5, 5.41) is 4.59. The van der Waals surface area contributed by atoms with Gasteiger partial charge in [0.15, 0.2) is 0 Å². The molecule has 1 aliphatic rings. The Morgan fingerprint density at radius 3 is 2.60 bits per heavy atom. The second-order valence-corrected chi connectivity index (χ2v) is 7.44. The second kappa shape index (κ2) is 5.67. The lowest BCUT2D eigenvalue weighted by molar-refractivity contribution is 0.0246. The highest BCUT2D eigenvalue weighted by Gasteiger charge is 2.39. The molecule has 1 atom stereocenters. The Morgan fingerprint density at radius 1 is 1.30 bits per heavy atom. The zero-order valence-corrected chi connectivity index (χ0v) is 14.1. The van der Waals surface area contributed by atoms with E-state index < -0.39 is 0 Å².